The van der Waals surface area contributed by atoms with Crippen LogP contribution >= 0.6 is 35.3 Å². The topological polar surface area (TPSA) is 52.6 Å². The minimum atomic E-state index is 0. The third-order valence-electron chi connectivity index (χ3n) is 4.31. The number of anilines is 1. The molecule has 0 spiro atoms. The quantitative estimate of drug-likeness (QED) is 0.285. The smallest absolute Gasteiger partial charge is 0.192 e. The zero-order valence-corrected chi connectivity index (χ0v) is 19.9. The van der Waals surface area contributed by atoms with E-state index in [0.29, 0.717) is 6.54 Å². The third kappa shape index (κ3) is 5.57. The van der Waals surface area contributed by atoms with E-state index in [1.807, 2.05) is 19.0 Å². The number of aromatic nitrogens is 1. The Morgan fingerprint density at radius 3 is 2.64 bits per heavy atom. The van der Waals surface area contributed by atoms with E-state index in [9.17, 15) is 0 Å². The first-order chi connectivity index (χ1) is 13.1. The molecule has 1 atom stereocenters. The Morgan fingerprint density at radius 1 is 1.18 bits per heavy atom. The van der Waals surface area contributed by atoms with Gasteiger partial charge in [0.05, 0.1) is 18.3 Å². The fraction of sp³-hybridized carbons (Fsp3) is 0.333. The maximum absolute atomic E-state index is 4.72. The lowest BCUT2D eigenvalue weighted by atomic mass is 10.00. The van der Waals surface area contributed by atoms with Crippen molar-refractivity contribution in [3.05, 3.63) is 59.1 Å². The van der Waals surface area contributed by atoms with Crippen LogP contribution < -0.4 is 15.5 Å². The zero-order chi connectivity index (χ0) is 19.2. The molecule has 28 heavy (non-hydrogen) atoms. The second-order valence-corrected chi connectivity index (χ2v) is 7.48. The molecule has 0 saturated carbocycles. The first-order valence-corrected chi connectivity index (χ1v) is 10.1. The summed E-state index contributed by atoms with van der Waals surface area (Å²) in [5.41, 5.74) is 2.25. The van der Waals surface area contributed by atoms with Gasteiger partial charge in [0, 0.05) is 26.0 Å². The second kappa shape index (κ2) is 10.6. The molecular formula is C21H28IN5S. The van der Waals surface area contributed by atoms with Gasteiger partial charge in [-0.1, -0.05) is 42.5 Å². The SMILES string of the molecule is CCNC(=NCc1csc(N(C)C)n1)NC(C)c1cccc2ccccc12.I. The molecule has 0 amide bonds. The van der Waals surface area contributed by atoms with Crippen molar-refractivity contribution in [3.8, 4) is 0 Å². The van der Waals surface area contributed by atoms with E-state index in [1.165, 1.54) is 16.3 Å². The van der Waals surface area contributed by atoms with E-state index in [1.54, 1.807) is 11.3 Å². The van der Waals surface area contributed by atoms with Gasteiger partial charge in [-0.25, -0.2) is 9.98 Å². The van der Waals surface area contributed by atoms with Crippen LogP contribution in [0.2, 0.25) is 0 Å². The molecule has 1 heterocycles. The number of fused-ring (bicyclic) bond motifs is 1. The minimum Gasteiger partial charge on any atom is -0.357 e. The fourth-order valence-electron chi connectivity index (χ4n) is 2.97. The number of aliphatic imine (C=N–C) groups is 1. The highest BCUT2D eigenvalue weighted by Crippen LogP contribution is 2.24. The fourth-order valence-corrected chi connectivity index (χ4v) is 3.71. The number of guanidine groups is 1. The highest BCUT2D eigenvalue weighted by atomic mass is 127. The summed E-state index contributed by atoms with van der Waals surface area (Å²) in [7, 11) is 4.01. The molecule has 0 fully saturated rings. The molecular weight excluding hydrogens is 481 g/mol. The van der Waals surface area contributed by atoms with Crippen molar-refractivity contribution < 1.29 is 0 Å². The Kier molecular flexibility index (Phi) is 8.50. The van der Waals surface area contributed by atoms with E-state index >= 15 is 0 Å². The van der Waals surface area contributed by atoms with Gasteiger partial charge in [0.25, 0.3) is 0 Å². The Balaban J connectivity index is 0.00000280. The highest BCUT2D eigenvalue weighted by molar-refractivity contribution is 14.0. The Morgan fingerprint density at radius 2 is 1.93 bits per heavy atom. The molecule has 0 aliphatic rings. The number of halogens is 1. The lowest BCUT2D eigenvalue weighted by Crippen LogP contribution is -2.38. The van der Waals surface area contributed by atoms with Crippen molar-refractivity contribution in [1.82, 2.24) is 15.6 Å². The summed E-state index contributed by atoms with van der Waals surface area (Å²) in [5.74, 6) is 0.803. The van der Waals surface area contributed by atoms with Crippen LogP contribution in [0.25, 0.3) is 10.8 Å². The Bertz CT molecular complexity index is 917. The molecule has 0 bridgehead atoms. The van der Waals surface area contributed by atoms with Crippen molar-refractivity contribution >= 4 is 57.2 Å². The number of nitrogens with zero attached hydrogens (tertiary/aromatic N) is 3. The molecule has 2 aromatic carbocycles. The maximum atomic E-state index is 4.72. The molecule has 150 valence electrons. The summed E-state index contributed by atoms with van der Waals surface area (Å²) >= 11 is 1.64. The summed E-state index contributed by atoms with van der Waals surface area (Å²) in [6.45, 7) is 5.62. The van der Waals surface area contributed by atoms with E-state index in [2.05, 4.69) is 77.3 Å². The summed E-state index contributed by atoms with van der Waals surface area (Å²) in [5, 5.41) is 12.5. The second-order valence-electron chi connectivity index (χ2n) is 6.65. The van der Waals surface area contributed by atoms with Crippen molar-refractivity contribution in [2.75, 3.05) is 25.5 Å². The van der Waals surface area contributed by atoms with Crippen LogP contribution in [0.1, 0.15) is 31.1 Å². The lowest BCUT2D eigenvalue weighted by molar-refractivity contribution is 0.690. The maximum Gasteiger partial charge on any atom is 0.192 e. The van der Waals surface area contributed by atoms with E-state index in [4.69, 9.17) is 4.99 Å². The molecule has 0 radical (unpaired) electrons. The van der Waals surface area contributed by atoms with Crippen molar-refractivity contribution in [1.29, 1.82) is 0 Å². The zero-order valence-electron chi connectivity index (χ0n) is 16.8. The molecule has 3 rings (SSSR count). The van der Waals surface area contributed by atoms with Crippen LogP contribution in [0.15, 0.2) is 52.8 Å². The summed E-state index contributed by atoms with van der Waals surface area (Å²) in [6, 6.07) is 15.1. The molecule has 1 unspecified atom stereocenters. The molecule has 0 aliphatic carbocycles. The van der Waals surface area contributed by atoms with E-state index in [0.717, 1.165) is 23.3 Å². The molecule has 0 saturated heterocycles. The average Bonchev–Trinajstić information content (AvgIpc) is 3.15. The number of benzene rings is 2. The van der Waals surface area contributed by atoms with Crippen LogP contribution in [0.4, 0.5) is 5.13 Å². The number of hydrogen-bond acceptors (Lipinski definition) is 4. The molecule has 0 aliphatic heterocycles. The van der Waals surface area contributed by atoms with Gasteiger partial charge < -0.3 is 15.5 Å². The molecule has 7 heteroatoms. The number of rotatable bonds is 6. The van der Waals surface area contributed by atoms with Crippen LogP contribution in [-0.4, -0.2) is 31.6 Å². The van der Waals surface area contributed by atoms with Gasteiger partial charge in [0.15, 0.2) is 11.1 Å². The minimum absolute atomic E-state index is 0. The van der Waals surface area contributed by atoms with Gasteiger partial charge in [-0.2, -0.15) is 0 Å². The Hall–Kier alpha value is -1.87. The highest BCUT2D eigenvalue weighted by Gasteiger charge is 2.11. The van der Waals surface area contributed by atoms with Gasteiger partial charge in [0.1, 0.15) is 0 Å². The first-order valence-electron chi connectivity index (χ1n) is 9.22. The van der Waals surface area contributed by atoms with Crippen molar-refractivity contribution in [2.45, 2.75) is 26.4 Å². The number of thiazole rings is 1. The third-order valence-corrected chi connectivity index (χ3v) is 5.37. The van der Waals surface area contributed by atoms with Gasteiger partial charge in [-0.3, -0.25) is 0 Å². The van der Waals surface area contributed by atoms with Gasteiger partial charge in [0.2, 0.25) is 0 Å². The van der Waals surface area contributed by atoms with Crippen LogP contribution in [-0.2, 0) is 6.54 Å². The number of hydrogen-bond donors (Lipinski definition) is 2. The summed E-state index contributed by atoms with van der Waals surface area (Å²) in [4.78, 5) is 11.3. The first kappa shape index (κ1) is 22.4. The van der Waals surface area contributed by atoms with Crippen molar-refractivity contribution in [2.24, 2.45) is 4.99 Å². The van der Waals surface area contributed by atoms with E-state index < -0.39 is 0 Å². The van der Waals surface area contributed by atoms with Crippen LogP contribution in [0, 0.1) is 0 Å². The lowest BCUT2D eigenvalue weighted by Gasteiger charge is -2.19. The Labute approximate surface area is 188 Å². The summed E-state index contributed by atoms with van der Waals surface area (Å²) < 4.78 is 0. The normalized spacial score (nSPS) is 12.4. The van der Waals surface area contributed by atoms with E-state index in [-0.39, 0.29) is 30.0 Å². The van der Waals surface area contributed by atoms with Crippen LogP contribution in [0.3, 0.4) is 0 Å². The molecule has 3 aromatic rings. The van der Waals surface area contributed by atoms with Gasteiger partial charge >= 0.3 is 0 Å². The predicted octanol–water partition coefficient (Wildman–Crippen LogP) is 4.80. The predicted molar refractivity (Wildman–Crippen MR) is 132 cm³/mol. The monoisotopic (exact) mass is 509 g/mol. The average molecular weight is 509 g/mol. The standard InChI is InChI=1S/C21H27N5S.HI/c1-5-22-20(23-13-17-14-27-21(25-17)26(3)4)24-15(2)18-12-8-10-16-9-6-7-11-19(16)18;/h6-12,14-15H,5,13H2,1-4H3,(H2,22,23,24);1H. The number of nitrogens with one attached hydrogen (secondary N) is 2. The van der Waals surface area contributed by atoms with Crippen molar-refractivity contribution in [3.63, 3.8) is 0 Å². The largest absolute Gasteiger partial charge is 0.357 e. The van der Waals surface area contributed by atoms with Gasteiger partial charge in [-0.15, -0.1) is 35.3 Å². The van der Waals surface area contributed by atoms with Crippen LogP contribution in [0.5, 0.6) is 0 Å². The molecule has 2 N–H and O–H groups in total. The summed E-state index contributed by atoms with van der Waals surface area (Å²) in [6.07, 6.45) is 0. The van der Waals surface area contributed by atoms with Gasteiger partial charge in [-0.05, 0) is 30.2 Å². The molecule has 1 aromatic heterocycles. The molecule has 5 nitrogen and oxygen atoms in total.